The molecule has 188 valence electrons. The van der Waals surface area contributed by atoms with Crippen molar-refractivity contribution in [2.24, 2.45) is 4.99 Å². The van der Waals surface area contributed by atoms with Crippen LogP contribution < -0.4 is 10.6 Å². The Balaban J connectivity index is 0.00000385. The number of aliphatic imine (C=N–C) groups is 1. The van der Waals surface area contributed by atoms with Crippen LogP contribution in [0.4, 0.5) is 0 Å². The zero-order valence-electron chi connectivity index (χ0n) is 20.4. The molecule has 2 heterocycles. The second kappa shape index (κ2) is 14.4. The van der Waals surface area contributed by atoms with E-state index < -0.39 is 5.60 Å². The molecule has 33 heavy (non-hydrogen) atoms. The van der Waals surface area contributed by atoms with Gasteiger partial charge in [-0.3, -0.25) is 14.8 Å². The highest BCUT2D eigenvalue weighted by molar-refractivity contribution is 14.0. The topological polar surface area (TPSA) is 81.6 Å². The Bertz CT molecular complexity index is 722. The molecule has 0 radical (unpaired) electrons. The van der Waals surface area contributed by atoms with Gasteiger partial charge in [0.15, 0.2) is 5.96 Å². The number of nitrogens with one attached hydrogen (secondary N) is 2. The van der Waals surface area contributed by atoms with E-state index in [-0.39, 0.29) is 30.0 Å². The van der Waals surface area contributed by atoms with Crippen molar-refractivity contribution in [2.75, 3.05) is 78.8 Å². The summed E-state index contributed by atoms with van der Waals surface area (Å²) in [7, 11) is 0. The Hall–Kier alpha value is -0.980. The van der Waals surface area contributed by atoms with Gasteiger partial charge in [-0.15, -0.1) is 24.0 Å². The standard InChI is InChI=1S/C24H41N5O3.HI/c1-4-25-23(27-18-24(3,30)19-28-8-12-31-13-9-28)26-17-22(29-10-14-32-15-11-29)21-7-5-6-20(2)16-21;/h5-7,16,22,30H,4,8-15,17-19H2,1-3H3,(H2,25,26,27);1H. The third kappa shape index (κ3) is 9.65. The van der Waals surface area contributed by atoms with Crippen molar-refractivity contribution < 1.29 is 14.6 Å². The first-order valence-corrected chi connectivity index (χ1v) is 11.9. The molecule has 2 fully saturated rings. The number of morpholine rings is 2. The van der Waals surface area contributed by atoms with Gasteiger partial charge in [-0.05, 0) is 26.3 Å². The number of β-amino-alcohol motifs (C(OH)–C–C–N with tert-alkyl or cyclic N) is 1. The molecule has 2 unspecified atom stereocenters. The highest BCUT2D eigenvalue weighted by Gasteiger charge is 2.26. The number of ether oxygens (including phenoxy) is 2. The van der Waals surface area contributed by atoms with E-state index in [1.807, 2.05) is 6.92 Å². The number of nitrogens with zero attached hydrogens (tertiary/aromatic N) is 3. The number of hydrogen-bond donors (Lipinski definition) is 3. The maximum absolute atomic E-state index is 10.9. The van der Waals surface area contributed by atoms with Crippen LogP contribution in [0.15, 0.2) is 29.3 Å². The summed E-state index contributed by atoms with van der Waals surface area (Å²) in [6, 6.07) is 8.96. The molecule has 1 aromatic rings. The number of hydrogen-bond acceptors (Lipinski definition) is 6. The molecule has 0 saturated carbocycles. The summed E-state index contributed by atoms with van der Waals surface area (Å²) in [6.07, 6.45) is 0. The summed E-state index contributed by atoms with van der Waals surface area (Å²) in [4.78, 5) is 9.44. The summed E-state index contributed by atoms with van der Waals surface area (Å²) in [5.74, 6) is 0.737. The fourth-order valence-electron chi connectivity index (χ4n) is 4.30. The van der Waals surface area contributed by atoms with Crippen LogP contribution in [0, 0.1) is 6.92 Å². The van der Waals surface area contributed by atoms with Crippen LogP contribution in [0.1, 0.15) is 31.0 Å². The van der Waals surface area contributed by atoms with Gasteiger partial charge in [-0.1, -0.05) is 29.8 Å². The molecule has 3 N–H and O–H groups in total. The third-order valence-corrected chi connectivity index (χ3v) is 5.97. The number of aliphatic hydroxyl groups is 1. The molecule has 2 aliphatic rings. The van der Waals surface area contributed by atoms with Crippen LogP contribution in [-0.4, -0.2) is 105 Å². The van der Waals surface area contributed by atoms with Gasteiger partial charge in [-0.25, -0.2) is 0 Å². The lowest BCUT2D eigenvalue weighted by atomic mass is 10.0. The number of aryl methyl sites for hydroxylation is 1. The smallest absolute Gasteiger partial charge is 0.191 e. The Morgan fingerprint density at radius 1 is 1.12 bits per heavy atom. The maximum Gasteiger partial charge on any atom is 0.191 e. The molecule has 0 bridgehead atoms. The Labute approximate surface area is 216 Å². The van der Waals surface area contributed by atoms with Crippen LogP contribution in [-0.2, 0) is 9.47 Å². The lowest BCUT2D eigenvalue weighted by Crippen LogP contribution is -2.49. The molecule has 8 nitrogen and oxygen atoms in total. The van der Waals surface area contributed by atoms with Gasteiger partial charge in [-0.2, -0.15) is 0 Å². The number of guanidine groups is 1. The van der Waals surface area contributed by atoms with E-state index in [1.165, 1.54) is 11.1 Å². The van der Waals surface area contributed by atoms with Gasteiger partial charge in [0.1, 0.15) is 0 Å². The minimum absolute atomic E-state index is 0. The molecule has 9 heteroatoms. The summed E-state index contributed by atoms with van der Waals surface area (Å²) in [6.45, 7) is 15.0. The Morgan fingerprint density at radius 3 is 2.42 bits per heavy atom. The normalized spacial score (nSPS) is 21.0. The van der Waals surface area contributed by atoms with E-state index in [1.54, 1.807) is 0 Å². The highest BCUT2D eigenvalue weighted by atomic mass is 127. The zero-order valence-corrected chi connectivity index (χ0v) is 22.7. The summed E-state index contributed by atoms with van der Waals surface area (Å²) in [5, 5.41) is 17.8. The van der Waals surface area contributed by atoms with Crippen molar-refractivity contribution in [1.29, 1.82) is 0 Å². The first-order valence-electron chi connectivity index (χ1n) is 11.9. The molecule has 0 amide bonds. The molecular formula is C24H42IN5O3. The molecule has 1 aromatic carbocycles. The lowest BCUT2D eigenvalue weighted by Gasteiger charge is -2.35. The van der Waals surface area contributed by atoms with Gasteiger partial charge in [0.25, 0.3) is 0 Å². The summed E-state index contributed by atoms with van der Waals surface area (Å²) in [5.41, 5.74) is 1.68. The molecule has 3 rings (SSSR count). The second-order valence-corrected chi connectivity index (χ2v) is 9.04. The molecule has 0 aromatic heterocycles. The average molecular weight is 576 g/mol. The van der Waals surface area contributed by atoms with E-state index in [0.29, 0.717) is 13.1 Å². The van der Waals surface area contributed by atoms with E-state index in [9.17, 15) is 5.11 Å². The van der Waals surface area contributed by atoms with Crippen molar-refractivity contribution in [2.45, 2.75) is 32.4 Å². The van der Waals surface area contributed by atoms with Crippen LogP contribution in [0.25, 0.3) is 0 Å². The molecule has 2 saturated heterocycles. The fourth-order valence-corrected chi connectivity index (χ4v) is 4.30. The van der Waals surface area contributed by atoms with Crippen molar-refractivity contribution in [3.8, 4) is 0 Å². The largest absolute Gasteiger partial charge is 0.387 e. The van der Waals surface area contributed by atoms with Crippen molar-refractivity contribution in [1.82, 2.24) is 20.4 Å². The van der Waals surface area contributed by atoms with E-state index >= 15 is 0 Å². The van der Waals surface area contributed by atoms with Crippen LogP contribution in [0.2, 0.25) is 0 Å². The number of halogens is 1. The van der Waals surface area contributed by atoms with E-state index in [4.69, 9.17) is 14.5 Å². The minimum Gasteiger partial charge on any atom is -0.387 e. The van der Waals surface area contributed by atoms with Crippen molar-refractivity contribution in [3.05, 3.63) is 35.4 Å². The molecule has 2 atom stereocenters. The third-order valence-electron chi connectivity index (χ3n) is 5.97. The quantitative estimate of drug-likeness (QED) is 0.235. The Kier molecular flexibility index (Phi) is 12.4. The van der Waals surface area contributed by atoms with E-state index in [0.717, 1.165) is 71.7 Å². The van der Waals surface area contributed by atoms with Crippen molar-refractivity contribution in [3.63, 3.8) is 0 Å². The first-order chi connectivity index (χ1) is 15.5. The maximum atomic E-state index is 10.9. The van der Waals surface area contributed by atoms with E-state index in [2.05, 4.69) is 58.5 Å². The van der Waals surface area contributed by atoms with Gasteiger partial charge >= 0.3 is 0 Å². The first kappa shape index (κ1) is 28.3. The van der Waals surface area contributed by atoms with Crippen LogP contribution in [0.3, 0.4) is 0 Å². The van der Waals surface area contributed by atoms with Gasteiger partial charge in [0.2, 0.25) is 0 Å². The molecule has 0 spiro atoms. The average Bonchev–Trinajstić information content (AvgIpc) is 2.79. The zero-order chi connectivity index (χ0) is 22.8. The molecular weight excluding hydrogens is 533 g/mol. The second-order valence-electron chi connectivity index (χ2n) is 9.04. The summed E-state index contributed by atoms with van der Waals surface area (Å²) >= 11 is 0. The summed E-state index contributed by atoms with van der Waals surface area (Å²) < 4.78 is 11.0. The molecule has 0 aliphatic carbocycles. The fraction of sp³-hybridized carbons (Fsp3) is 0.708. The molecule has 2 aliphatic heterocycles. The number of benzene rings is 1. The number of rotatable bonds is 9. The minimum atomic E-state index is -0.889. The van der Waals surface area contributed by atoms with Gasteiger partial charge in [0, 0.05) is 45.8 Å². The van der Waals surface area contributed by atoms with Crippen LogP contribution >= 0.6 is 24.0 Å². The van der Waals surface area contributed by atoms with Crippen LogP contribution in [0.5, 0.6) is 0 Å². The van der Waals surface area contributed by atoms with Gasteiger partial charge < -0.3 is 25.2 Å². The highest BCUT2D eigenvalue weighted by Crippen LogP contribution is 2.22. The van der Waals surface area contributed by atoms with Crippen molar-refractivity contribution >= 4 is 29.9 Å². The Morgan fingerprint density at radius 2 is 1.79 bits per heavy atom. The predicted octanol–water partition coefficient (Wildman–Crippen LogP) is 1.62. The lowest BCUT2D eigenvalue weighted by molar-refractivity contribution is -0.0180. The van der Waals surface area contributed by atoms with Gasteiger partial charge in [0.05, 0.1) is 44.6 Å². The monoisotopic (exact) mass is 575 g/mol. The predicted molar refractivity (Wildman–Crippen MR) is 144 cm³/mol. The SMILES string of the molecule is CCNC(=NCC(C)(O)CN1CCOCC1)NCC(c1cccc(C)c1)N1CCOCC1.I.